The van der Waals surface area contributed by atoms with Crippen molar-refractivity contribution in [1.82, 2.24) is 5.32 Å². The summed E-state index contributed by atoms with van der Waals surface area (Å²) >= 11 is 5.91. The first kappa shape index (κ1) is 17.3. The summed E-state index contributed by atoms with van der Waals surface area (Å²) in [5.41, 5.74) is 0.176. The molecule has 3 N–H and O–H groups in total. The summed E-state index contributed by atoms with van der Waals surface area (Å²) in [5.74, 6) is -1.15. The van der Waals surface area contributed by atoms with Crippen LogP contribution >= 0.6 is 11.6 Å². The normalized spacial score (nSPS) is 12.2. The molecule has 0 unspecified atom stereocenters. The number of carboxylic acid groups (broad SMARTS) is 1. The van der Waals surface area contributed by atoms with Crippen LogP contribution < -0.4 is 5.32 Å². The van der Waals surface area contributed by atoms with Crippen molar-refractivity contribution in [3.63, 3.8) is 0 Å². The number of aromatic hydroxyl groups is 1. The zero-order chi connectivity index (χ0) is 16.0. The number of hydrogen-bond acceptors (Lipinski definition) is 3. The highest BCUT2D eigenvalue weighted by Crippen LogP contribution is 2.21. The number of carbonyl (C=O) groups is 2. The molecule has 0 bridgehead atoms. The molecular weight excluding hydrogens is 294 g/mol. The molecule has 1 aromatic rings. The van der Waals surface area contributed by atoms with Crippen LogP contribution in [0.4, 0.5) is 0 Å². The van der Waals surface area contributed by atoms with E-state index in [1.807, 2.05) is 13.8 Å². The van der Waals surface area contributed by atoms with Crippen LogP contribution in [0, 0.1) is 11.8 Å². The Labute approximate surface area is 128 Å². The third-order valence-electron chi connectivity index (χ3n) is 3.01. The molecule has 6 heteroatoms. The topological polar surface area (TPSA) is 86.6 Å². The van der Waals surface area contributed by atoms with E-state index in [4.69, 9.17) is 16.7 Å². The minimum absolute atomic E-state index is 0.00618. The second kappa shape index (κ2) is 7.88. The number of aliphatic carboxylic acids is 1. The fraction of sp³-hybridized carbons (Fsp3) is 0.467. The average Bonchev–Trinajstić information content (AvgIpc) is 2.37. The van der Waals surface area contributed by atoms with Gasteiger partial charge in [0.25, 0.3) is 5.91 Å². The fourth-order valence-corrected chi connectivity index (χ4v) is 2.38. The molecule has 0 spiro atoms. The van der Waals surface area contributed by atoms with Gasteiger partial charge in [-0.2, -0.15) is 0 Å². The van der Waals surface area contributed by atoms with E-state index < -0.39 is 11.9 Å². The highest BCUT2D eigenvalue weighted by atomic mass is 35.5. The molecule has 1 atom stereocenters. The van der Waals surface area contributed by atoms with Gasteiger partial charge in [0.1, 0.15) is 5.75 Å². The van der Waals surface area contributed by atoms with E-state index in [0.717, 1.165) is 0 Å². The van der Waals surface area contributed by atoms with Crippen LogP contribution in [0.25, 0.3) is 0 Å². The van der Waals surface area contributed by atoms with Crippen molar-refractivity contribution in [3.8, 4) is 5.75 Å². The number of phenols is 1. The number of rotatable bonds is 7. The Morgan fingerprint density at radius 2 is 2.00 bits per heavy atom. The zero-order valence-electron chi connectivity index (χ0n) is 12.1. The fourth-order valence-electron chi connectivity index (χ4n) is 2.17. The Bertz CT molecular complexity index is 516. The summed E-state index contributed by atoms with van der Waals surface area (Å²) in [7, 11) is 0. The third kappa shape index (κ3) is 6.04. The lowest BCUT2D eigenvalue weighted by Gasteiger charge is -2.18. The van der Waals surface area contributed by atoms with Crippen molar-refractivity contribution in [2.45, 2.75) is 26.7 Å². The average molecular weight is 314 g/mol. The second-order valence-corrected chi connectivity index (χ2v) is 5.87. The summed E-state index contributed by atoms with van der Waals surface area (Å²) in [5, 5.41) is 21.2. The molecule has 0 aliphatic heterocycles. The van der Waals surface area contributed by atoms with E-state index >= 15 is 0 Å². The summed E-state index contributed by atoms with van der Waals surface area (Å²) in [4.78, 5) is 22.9. The molecule has 0 saturated carbocycles. The number of phenolic OH excluding ortho intramolecular Hbond substituents is 1. The number of amides is 1. The van der Waals surface area contributed by atoms with E-state index in [2.05, 4.69) is 5.32 Å². The molecule has 0 saturated heterocycles. The number of carbonyl (C=O) groups excluding carboxylic acids is 1. The summed E-state index contributed by atoms with van der Waals surface area (Å²) in [6.45, 7) is 4.26. The number of hydrogen-bond donors (Lipinski definition) is 3. The smallest absolute Gasteiger partial charge is 0.303 e. The number of halogens is 1. The third-order valence-corrected chi connectivity index (χ3v) is 3.34. The van der Waals surface area contributed by atoms with E-state index in [1.54, 1.807) is 0 Å². The summed E-state index contributed by atoms with van der Waals surface area (Å²) in [6, 6.07) is 4.12. The molecule has 0 aliphatic rings. The molecule has 1 amide bonds. The van der Waals surface area contributed by atoms with Gasteiger partial charge in [0.05, 0.1) is 10.6 Å². The zero-order valence-corrected chi connectivity index (χ0v) is 12.9. The van der Waals surface area contributed by atoms with E-state index in [1.165, 1.54) is 18.2 Å². The molecule has 0 radical (unpaired) electrons. The molecule has 1 rings (SSSR count). The minimum atomic E-state index is -0.884. The Balaban J connectivity index is 2.68. The summed E-state index contributed by atoms with van der Waals surface area (Å²) in [6.07, 6.45) is 0.715. The lowest BCUT2D eigenvalue weighted by atomic mass is 9.94. The molecule has 1 aromatic carbocycles. The van der Waals surface area contributed by atoms with Crippen molar-refractivity contribution in [1.29, 1.82) is 0 Å². The number of carboxylic acids is 1. The van der Waals surface area contributed by atoms with Crippen LogP contribution in [-0.2, 0) is 4.79 Å². The van der Waals surface area contributed by atoms with Gasteiger partial charge >= 0.3 is 5.97 Å². The maximum Gasteiger partial charge on any atom is 0.303 e. The van der Waals surface area contributed by atoms with E-state index in [9.17, 15) is 14.7 Å². The molecule has 21 heavy (non-hydrogen) atoms. The molecule has 5 nitrogen and oxygen atoms in total. The van der Waals surface area contributed by atoms with Crippen molar-refractivity contribution in [2.24, 2.45) is 11.8 Å². The quantitative estimate of drug-likeness (QED) is 0.722. The van der Waals surface area contributed by atoms with Crippen LogP contribution in [-0.4, -0.2) is 28.6 Å². The van der Waals surface area contributed by atoms with Gasteiger partial charge in [-0.1, -0.05) is 25.4 Å². The Hall–Kier alpha value is -1.75. The lowest BCUT2D eigenvalue weighted by Crippen LogP contribution is -2.31. The standard InChI is InChI=1S/C15H20ClNO4/c1-9(2)5-10(6-14(19)20)8-17-15(21)12-7-11(18)3-4-13(12)16/h3-4,7,9-10,18H,5-6,8H2,1-2H3,(H,17,21)(H,19,20)/t10-/m0/s1. The van der Waals surface area contributed by atoms with Gasteiger partial charge in [0, 0.05) is 13.0 Å². The van der Waals surface area contributed by atoms with Crippen molar-refractivity contribution in [3.05, 3.63) is 28.8 Å². The Kier molecular flexibility index (Phi) is 6.49. The summed E-state index contributed by atoms with van der Waals surface area (Å²) < 4.78 is 0. The van der Waals surface area contributed by atoms with Crippen LogP contribution in [0.3, 0.4) is 0 Å². The number of nitrogens with one attached hydrogen (secondary N) is 1. The van der Waals surface area contributed by atoms with Gasteiger partial charge in [-0.25, -0.2) is 0 Å². The minimum Gasteiger partial charge on any atom is -0.508 e. The molecule has 0 aromatic heterocycles. The van der Waals surface area contributed by atoms with Crippen LogP contribution in [0.1, 0.15) is 37.0 Å². The van der Waals surface area contributed by atoms with Gasteiger partial charge in [-0.15, -0.1) is 0 Å². The van der Waals surface area contributed by atoms with Crippen molar-refractivity contribution in [2.75, 3.05) is 6.54 Å². The van der Waals surface area contributed by atoms with Gasteiger partial charge < -0.3 is 15.5 Å². The first-order valence-electron chi connectivity index (χ1n) is 6.78. The monoisotopic (exact) mass is 313 g/mol. The number of benzene rings is 1. The molecular formula is C15H20ClNO4. The second-order valence-electron chi connectivity index (χ2n) is 5.47. The van der Waals surface area contributed by atoms with Gasteiger partial charge in [0.2, 0.25) is 0 Å². The van der Waals surface area contributed by atoms with E-state index in [0.29, 0.717) is 12.3 Å². The van der Waals surface area contributed by atoms with Gasteiger partial charge in [-0.05, 0) is 36.5 Å². The lowest BCUT2D eigenvalue weighted by molar-refractivity contribution is -0.138. The first-order valence-corrected chi connectivity index (χ1v) is 7.16. The van der Waals surface area contributed by atoms with Crippen LogP contribution in [0.5, 0.6) is 5.75 Å². The highest BCUT2D eigenvalue weighted by Gasteiger charge is 2.17. The maximum absolute atomic E-state index is 12.0. The van der Waals surface area contributed by atoms with Crippen molar-refractivity contribution < 1.29 is 19.8 Å². The van der Waals surface area contributed by atoms with E-state index in [-0.39, 0.29) is 35.2 Å². The van der Waals surface area contributed by atoms with Crippen LogP contribution in [0.15, 0.2) is 18.2 Å². The molecule has 0 fully saturated rings. The SMILES string of the molecule is CC(C)C[C@H](CNC(=O)c1cc(O)ccc1Cl)CC(=O)O. The van der Waals surface area contributed by atoms with Crippen molar-refractivity contribution >= 4 is 23.5 Å². The predicted octanol–water partition coefficient (Wildman–Crippen LogP) is 2.91. The largest absolute Gasteiger partial charge is 0.508 e. The first-order chi connectivity index (χ1) is 9.79. The highest BCUT2D eigenvalue weighted by molar-refractivity contribution is 6.33. The van der Waals surface area contributed by atoms with Gasteiger partial charge in [0.15, 0.2) is 0 Å². The predicted molar refractivity (Wildman–Crippen MR) is 80.6 cm³/mol. The van der Waals surface area contributed by atoms with Crippen LogP contribution in [0.2, 0.25) is 5.02 Å². The molecule has 0 aliphatic carbocycles. The molecule has 116 valence electrons. The Morgan fingerprint density at radius 1 is 1.33 bits per heavy atom. The molecule has 0 heterocycles. The Morgan fingerprint density at radius 3 is 2.57 bits per heavy atom. The van der Waals surface area contributed by atoms with Gasteiger partial charge in [-0.3, -0.25) is 9.59 Å². The maximum atomic E-state index is 12.0.